The lowest BCUT2D eigenvalue weighted by molar-refractivity contribution is 0.175. The molecular weight excluding hydrogens is 272 g/mol. The minimum absolute atomic E-state index is 0.264. The first-order chi connectivity index (χ1) is 10.9. The van der Waals surface area contributed by atoms with Crippen molar-refractivity contribution in [1.82, 2.24) is 9.88 Å². The number of aromatic nitrogens is 1. The van der Waals surface area contributed by atoms with Crippen LogP contribution in [0.4, 0.5) is 0 Å². The molecule has 1 aliphatic rings. The van der Waals surface area contributed by atoms with E-state index in [9.17, 15) is 5.11 Å². The number of fused-ring (bicyclic) bond motifs is 1. The van der Waals surface area contributed by atoms with Crippen LogP contribution in [0.1, 0.15) is 35.6 Å². The van der Waals surface area contributed by atoms with Gasteiger partial charge in [0.15, 0.2) is 0 Å². The molecule has 0 aliphatic heterocycles. The first-order valence-electron chi connectivity index (χ1n) is 8.20. The molecule has 2 aromatic rings. The molecule has 0 saturated carbocycles. The van der Waals surface area contributed by atoms with Gasteiger partial charge in [-0.25, -0.2) is 0 Å². The van der Waals surface area contributed by atoms with Crippen molar-refractivity contribution < 1.29 is 5.11 Å². The predicted molar refractivity (Wildman–Crippen MR) is 88.7 cm³/mol. The molecule has 0 amide bonds. The van der Waals surface area contributed by atoms with Gasteiger partial charge >= 0.3 is 0 Å². The van der Waals surface area contributed by atoms with E-state index in [0.29, 0.717) is 6.04 Å². The molecule has 1 heterocycles. The van der Waals surface area contributed by atoms with Crippen LogP contribution in [-0.4, -0.2) is 34.7 Å². The SMILES string of the molecule is OCCCN(CCc1ccncc1)C1CCc2ccccc21. The van der Waals surface area contributed by atoms with Crippen molar-refractivity contribution >= 4 is 0 Å². The van der Waals surface area contributed by atoms with Gasteiger partial charge in [0.2, 0.25) is 0 Å². The van der Waals surface area contributed by atoms with Gasteiger partial charge in [-0.1, -0.05) is 24.3 Å². The number of hydrogen-bond donors (Lipinski definition) is 1. The Hall–Kier alpha value is -1.71. The Kier molecular flexibility index (Phi) is 5.20. The zero-order valence-corrected chi connectivity index (χ0v) is 13.0. The third kappa shape index (κ3) is 3.54. The number of nitrogens with zero attached hydrogens (tertiary/aromatic N) is 2. The summed E-state index contributed by atoms with van der Waals surface area (Å²) in [5.74, 6) is 0. The highest BCUT2D eigenvalue weighted by atomic mass is 16.3. The monoisotopic (exact) mass is 296 g/mol. The molecule has 0 bridgehead atoms. The van der Waals surface area contributed by atoms with Gasteiger partial charge in [0, 0.05) is 38.1 Å². The molecule has 22 heavy (non-hydrogen) atoms. The third-order valence-corrected chi connectivity index (χ3v) is 4.58. The molecule has 1 unspecified atom stereocenters. The second kappa shape index (κ2) is 7.52. The lowest BCUT2D eigenvalue weighted by Gasteiger charge is -2.29. The van der Waals surface area contributed by atoms with Gasteiger partial charge in [0.05, 0.1) is 0 Å². The first kappa shape index (κ1) is 15.2. The molecule has 1 aromatic carbocycles. The smallest absolute Gasteiger partial charge is 0.0443 e. The van der Waals surface area contributed by atoms with E-state index < -0.39 is 0 Å². The lowest BCUT2D eigenvalue weighted by Crippen LogP contribution is -2.31. The second-order valence-corrected chi connectivity index (χ2v) is 5.97. The highest BCUT2D eigenvalue weighted by Crippen LogP contribution is 2.35. The molecule has 0 spiro atoms. The van der Waals surface area contributed by atoms with E-state index in [4.69, 9.17) is 0 Å². The van der Waals surface area contributed by atoms with Crippen molar-refractivity contribution in [3.8, 4) is 0 Å². The van der Waals surface area contributed by atoms with E-state index in [-0.39, 0.29) is 6.61 Å². The minimum Gasteiger partial charge on any atom is -0.396 e. The van der Waals surface area contributed by atoms with Crippen LogP contribution in [0.2, 0.25) is 0 Å². The van der Waals surface area contributed by atoms with Crippen LogP contribution in [0.25, 0.3) is 0 Å². The Labute approximate surface area is 132 Å². The van der Waals surface area contributed by atoms with Crippen molar-refractivity contribution in [1.29, 1.82) is 0 Å². The summed E-state index contributed by atoms with van der Waals surface area (Å²) >= 11 is 0. The van der Waals surface area contributed by atoms with Gasteiger partial charge in [-0.2, -0.15) is 0 Å². The van der Waals surface area contributed by atoms with Crippen LogP contribution in [0.15, 0.2) is 48.8 Å². The Balaban J connectivity index is 1.70. The topological polar surface area (TPSA) is 36.4 Å². The van der Waals surface area contributed by atoms with Crippen molar-refractivity contribution in [2.24, 2.45) is 0 Å². The quantitative estimate of drug-likeness (QED) is 0.853. The average Bonchev–Trinajstić information content (AvgIpc) is 3.00. The van der Waals surface area contributed by atoms with Crippen LogP contribution in [0, 0.1) is 0 Å². The normalized spacial score (nSPS) is 16.9. The number of aliphatic hydroxyl groups is 1. The molecule has 0 radical (unpaired) electrons. The van der Waals surface area contributed by atoms with E-state index in [2.05, 4.69) is 46.3 Å². The Morgan fingerprint density at radius 3 is 2.73 bits per heavy atom. The van der Waals surface area contributed by atoms with E-state index in [0.717, 1.165) is 25.9 Å². The molecule has 3 heteroatoms. The summed E-state index contributed by atoms with van der Waals surface area (Å²) in [6, 6.07) is 13.5. The van der Waals surface area contributed by atoms with Gasteiger partial charge < -0.3 is 5.11 Å². The molecule has 0 saturated heterocycles. The molecule has 3 nitrogen and oxygen atoms in total. The minimum atomic E-state index is 0.264. The van der Waals surface area contributed by atoms with Crippen molar-refractivity contribution in [2.75, 3.05) is 19.7 Å². The Bertz CT molecular complexity index is 585. The zero-order chi connectivity index (χ0) is 15.2. The molecule has 1 atom stereocenters. The lowest BCUT2D eigenvalue weighted by atomic mass is 10.1. The summed E-state index contributed by atoms with van der Waals surface area (Å²) in [5, 5.41) is 9.20. The highest BCUT2D eigenvalue weighted by Gasteiger charge is 2.26. The van der Waals surface area contributed by atoms with Gasteiger partial charge in [0.25, 0.3) is 0 Å². The van der Waals surface area contributed by atoms with Crippen molar-refractivity contribution in [3.05, 3.63) is 65.5 Å². The van der Waals surface area contributed by atoms with Crippen LogP contribution in [0.3, 0.4) is 0 Å². The summed E-state index contributed by atoms with van der Waals surface area (Å²) in [4.78, 5) is 6.63. The van der Waals surface area contributed by atoms with Gasteiger partial charge in [-0.3, -0.25) is 9.88 Å². The zero-order valence-electron chi connectivity index (χ0n) is 13.0. The number of pyridine rings is 1. The van der Waals surface area contributed by atoms with E-state index in [1.807, 2.05) is 12.4 Å². The van der Waals surface area contributed by atoms with Gasteiger partial charge in [-0.05, 0) is 54.5 Å². The Morgan fingerprint density at radius 1 is 1.09 bits per heavy atom. The van der Waals surface area contributed by atoms with Crippen LogP contribution >= 0.6 is 0 Å². The molecule has 116 valence electrons. The van der Waals surface area contributed by atoms with Crippen LogP contribution in [-0.2, 0) is 12.8 Å². The highest BCUT2D eigenvalue weighted by molar-refractivity contribution is 5.34. The third-order valence-electron chi connectivity index (χ3n) is 4.58. The number of hydrogen-bond acceptors (Lipinski definition) is 3. The Morgan fingerprint density at radius 2 is 1.91 bits per heavy atom. The van der Waals surface area contributed by atoms with E-state index >= 15 is 0 Å². The van der Waals surface area contributed by atoms with Crippen LogP contribution < -0.4 is 0 Å². The molecular formula is C19H24N2O. The summed E-state index contributed by atoms with van der Waals surface area (Å²) in [5.41, 5.74) is 4.30. The first-order valence-corrected chi connectivity index (χ1v) is 8.20. The largest absolute Gasteiger partial charge is 0.396 e. The van der Waals surface area contributed by atoms with Crippen LogP contribution in [0.5, 0.6) is 0 Å². The standard InChI is InChI=1S/C19H24N2O/c22-15-3-13-21(14-10-16-8-11-20-12-9-16)19-7-6-17-4-1-2-5-18(17)19/h1-2,4-5,8-9,11-12,19,22H,3,6-7,10,13-15H2. The summed E-state index contributed by atoms with van der Waals surface area (Å²) in [6.45, 7) is 2.25. The van der Waals surface area contributed by atoms with Crippen molar-refractivity contribution in [3.63, 3.8) is 0 Å². The fraction of sp³-hybridized carbons (Fsp3) is 0.421. The predicted octanol–water partition coefficient (Wildman–Crippen LogP) is 3.00. The number of aryl methyl sites for hydroxylation is 1. The maximum atomic E-state index is 9.20. The fourth-order valence-electron chi connectivity index (χ4n) is 3.43. The van der Waals surface area contributed by atoms with Gasteiger partial charge in [0.1, 0.15) is 0 Å². The number of benzene rings is 1. The average molecular weight is 296 g/mol. The van der Waals surface area contributed by atoms with Gasteiger partial charge in [-0.15, -0.1) is 0 Å². The second-order valence-electron chi connectivity index (χ2n) is 5.97. The summed E-state index contributed by atoms with van der Waals surface area (Å²) in [6.07, 6.45) is 7.96. The molecule has 1 aromatic heterocycles. The molecule has 0 fully saturated rings. The maximum absolute atomic E-state index is 9.20. The molecule has 1 N–H and O–H groups in total. The fourth-order valence-corrected chi connectivity index (χ4v) is 3.43. The summed E-state index contributed by atoms with van der Waals surface area (Å²) < 4.78 is 0. The van der Waals surface area contributed by atoms with E-state index in [1.165, 1.54) is 29.5 Å². The van der Waals surface area contributed by atoms with E-state index in [1.54, 1.807) is 0 Å². The number of rotatable bonds is 7. The molecule has 1 aliphatic carbocycles. The summed E-state index contributed by atoms with van der Waals surface area (Å²) in [7, 11) is 0. The van der Waals surface area contributed by atoms with Crippen molar-refractivity contribution in [2.45, 2.75) is 31.7 Å². The molecule has 3 rings (SSSR count). The maximum Gasteiger partial charge on any atom is 0.0443 e. The number of aliphatic hydroxyl groups excluding tert-OH is 1.